The van der Waals surface area contributed by atoms with E-state index in [2.05, 4.69) is 15.2 Å². The van der Waals surface area contributed by atoms with Gasteiger partial charge in [0.1, 0.15) is 5.82 Å². The van der Waals surface area contributed by atoms with E-state index in [-0.39, 0.29) is 5.56 Å². The molecule has 0 amide bonds. The summed E-state index contributed by atoms with van der Waals surface area (Å²) in [5.74, 6) is 1.86. The summed E-state index contributed by atoms with van der Waals surface area (Å²) in [4.78, 5) is 17.4. The molecule has 0 aliphatic carbocycles. The highest BCUT2D eigenvalue weighted by Crippen LogP contribution is 2.28. The van der Waals surface area contributed by atoms with Gasteiger partial charge in [-0.3, -0.25) is 18.3 Å². The molecule has 0 atom stereocenters. The molecule has 0 aliphatic rings. The highest BCUT2D eigenvalue weighted by molar-refractivity contribution is 7.98. The summed E-state index contributed by atoms with van der Waals surface area (Å²) in [6.45, 7) is 4.45. The molecule has 2 aromatic carbocycles. The van der Waals surface area contributed by atoms with E-state index in [0.717, 1.165) is 32.8 Å². The zero-order valence-corrected chi connectivity index (χ0v) is 18.6. The van der Waals surface area contributed by atoms with Crippen molar-refractivity contribution in [1.82, 2.24) is 28.7 Å². The lowest BCUT2D eigenvalue weighted by molar-refractivity contribution is 0.735. The van der Waals surface area contributed by atoms with Crippen LogP contribution in [0.4, 0.5) is 0 Å². The number of para-hydroxylation sites is 1. The van der Waals surface area contributed by atoms with Gasteiger partial charge in [-0.2, -0.15) is 0 Å². The second-order valence-electron chi connectivity index (χ2n) is 7.07. The van der Waals surface area contributed by atoms with Crippen LogP contribution in [-0.4, -0.2) is 28.7 Å². The number of imidazole rings is 1. The van der Waals surface area contributed by atoms with Crippen LogP contribution < -0.4 is 5.56 Å². The summed E-state index contributed by atoms with van der Waals surface area (Å²) in [6.07, 6.45) is 3.70. The van der Waals surface area contributed by atoms with Crippen LogP contribution in [0.3, 0.4) is 0 Å². The van der Waals surface area contributed by atoms with Crippen LogP contribution in [0, 0.1) is 6.92 Å². The van der Waals surface area contributed by atoms with E-state index >= 15 is 0 Å². The van der Waals surface area contributed by atoms with Gasteiger partial charge in [-0.15, -0.1) is 10.2 Å². The van der Waals surface area contributed by atoms with E-state index in [1.165, 1.54) is 0 Å². The summed E-state index contributed by atoms with van der Waals surface area (Å²) in [7, 11) is 0. The largest absolute Gasteiger partial charge is 0.295 e. The lowest BCUT2D eigenvalue weighted by Gasteiger charge is -2.12. The Bertz CT molecular complexity index is 1480. The predicted octanol–water partition coefficient (Wildman–Crippen LogP) is 4.50. The average Bonchev–Trinajstić information content (AvgIpc) is 3.42. The van der Waals surface area contributed by atoms with Gasteiger partial charge in [0.25, 0.3) is 5.56 Å². The molecule has 0 radical (unpaired) electrons. The third-order valence-electron chi connectivity index (χ3n) is 5.33. The Kier molecular flexibility index (Phi) is 5.03. The first-order valence-corrected chi connectivity index (χ1v) is 11.2. The van der Waals surface area contributed by atoms with Crippen LogP contribution >= 0.6 is 23.4 Å². The number of benzene rings is 2. The zero-order chi connectivity index (χ0) is 21.5. The molecule has 5 rings (SSSR count). The molecular formula is C22H19ClN6OS. The fraction of sp³-hybridized carbons (Fsp3) is 0.182. The number of hydrogen-bond acceptors (Lipinski definition) is 5. The van der Waals surface area contributed by atoms with Crippen LogP contribution in [0.1, 0.15) is 18.3 Å². The van der Waals surface area contributed by atoms with Crippen molar-refractivity contribution in [3.05, 3.63) is 81.6 Å². The van der Waals surface area contributed by atoms with Crippen molar-refractivity contribution in [3.63, 3.8) is 0 Å². The minimum atomic E-state index is -0.0517. The molecule has 0 spiro atoms. The number of rotatable bonds is 5. The quantitative estimate of drug-likeness (QED) is 0.368. The average molecular weight is 451 g/mol. The lowest BCUT2D eigenvalue weighted by atomic mass is 10.2. The topological polar surface area (TPSA) is 70.0 Å². The van der Waals surface area contributed by atoms with Gasteiger partial charge in [-0.25, -0.2) is 4.98 Å². The summed E-state index contributed by atoms with van der Waals surface area (Å²) in [5.41, 5.74) is 2.74. The summed E-state index contributed by atoms with van der Waals surface area (Å²) in [6, 6.07) is 13.4. The summed E-state index contributed by atoms with van der Waals surface area (Å²) < 4.78 is 5.64. The molecule has 5 aromatic rings. The number of fused-ring (bicyclic) bond motifs is 3. The second-order valence-corrected chi connectivity index (χ2v) is 8.42. The number of nitrogens with zero attached hydrogens (tertiary/aromatic N) is 6. The van der Waals surface area contributed by atoms with E-state index in [0.29, 0.717) is 23.5 Å². The Morgan fingerprint density at radius 2 is 1.94 bits per heavy atom. The molecule has 0 aliphatic heterocycles. The molecule has 3 aromatic heterocycles. The third-order valence-corrected chi connectivity index (χ3v) is 6.70. The number of halogens is 1. The van der Waals surface area contributed by atoms with Crippen molar-refractivity contribution in [2.75, 3.05) is 0 Å². The highest BCUT2D eigenvalue weighted by atomic mass is 35.5. The summed E-state index contributed by atoms with van der Waals surface area (Å²) in [5, 5.41) is 10.9. The predicted molar refractivity (Wildman–Crippen MR) is 123 cm³/mol. The Morgan fingerprint density at radius 1 is 1.10 bits per heavy atom. The third kappa shape index (κ3) is 3.23. The maximum atomic E-state index is 12.8. The molecule has 9 heteroatoms. The molecule has 0 unspecified atom stereocenters. The van der Waals surface area contributed by atoms with Crippen LogP contribution in [-0.2, 0) is 12.3 Å². The SMILES string of the molecule is CCn1c(=O)c2ccccc2n2c(CSc3nccn3-c3cccc(Cl)c3C)nnc12. The van der Waals surface area contributed by atoms with Crippen LogP contribution in [0.15, 0.2) is 64.8 Å². The standard InChI is InChI=1S/C22H19ClN6OS/c1-3-27-20(30)15-7-4-5-9-18(15)29-19(25-26-21(27)29)13-31-22-24-11-12-28(22)17-10-6-8-16(23)14(17)2/h4-12H,3,13H2,1-2H3. The number of aromatic nitrogens is 6. The van der Waals surface area contributed by atoms with Gasteiger partial charge in [-0.05, 0) is 43.7 Å². The van der Waals surface area contributed by atoms with Gasteiger partial charge in [0.05, 0.1) is 22.3 Å². The first-order chi connectivity index (χ1) is 15.1. The highest BCUT2D eigenvalue weighted by Gasteiger charge is 2.17. The molecule has 0 fully saturated rings. The Balaban J connectivity index is 1.57. The number of hydrogen-bond donors (Lipinski definition) is 0. The van der Waals surface area contributed by atoms with Crippen molar-refractivity contribution in [3.8, 4) is 5.69 Å². The fourth-order valence-corrected chi connectivity index (χ4v) is 4.81. The molecule has 0 saturated carbocycles. The Hall–Kier alpha value is -3.10. The Labute approximate surface area is 187 Å². The molecule has 0 bridgehead atoms. The molecular weight excluding hydrogens is 432 g/mol. The Morgan fingerprint density at radius 3 is 2.77 bits per heavy atom. The fourth-order valence-electron chi connectivity index (χ4n) is 3.76. The lowest BCUT2D eigenvalue weighted by Crippen LogP contribution is -2.22. The number of aryl methyl sites for hydroxylation is 1. The maximum Gasteiger partial charge on any atom is 0.262 e. The molecule has 7 nitrogen and oxygen atoms in total. The van der Waals surface area contributed by atoms with Crippen LogP contribution in [0.2, 0.25) is 5.02 Å². The van der Waals surface area contributed by atoms with Gasteiger partial charge < -0.3 is 0 Å². The minimum absolute atomic E-state index is 0.0517. The molecule has 3 heterocycles. The van der Waals surface area contributed by atoms with Gasteiger partial charge in [-0.1, -0.05) is 41.6 Å². The van der Waals surface area contributed by atoms with E-state index in [1.807, 2.05) is 71.5 Å². The normalized spacial score (nSPS) is 11.6. The molecule has 0 N–H and O–H groups in total. The van der Waals surface area contributed by atoms with Crippen LogP contribution in [0.25, 0.3) is 22.4 Å². The molecule has 0 saturated heterocycles. The van der Waals surface area contributed by atoms with Gasteiger partial charge >= 0.3 is 0 Å². The van der Waals surface area contributed by atoms with E-state index in [1.54, 1.807) is 22.5 Å². The van der Waals surface area contributed by atoms with E-state index < -0.39 is 0 Å². The van der Waals surface area contributed by atoms with Gasteiger partial charge in [0.15, 0.2) is 5.16 Å². The first-order valence-electron chi connectivity index (χ1n) is 9.87. The summed E-state index contributed by atoms with van der Waals surface area (Å²) >= 11 is 7.87. The van der Waals surface area contributed by atoms with Crippen LogP contribution in [0.5, 0.6) is 0 Å². The van der Waals surface area contributed by atoms with Gasteiger partial charge in [0.2, 0.25) is 5.78 Å². The monoisotopic (exact) mass is 450 g/mol. The van der Waals surface area contributed by atoms with Crippen molar-refractivity contribution >= 4 is 40.0 Å². The van der Waals surface area contributed by atoms with Crippen molar-refractivity contribution in [2.45, 2.75) is 31.3 Å². The zero-order valence-electron chi connectivity index (χ0n) is 17.0. The maximum absolute atomic E-state index is 12.8. The van der Waals surface area contributed by atoms with Crippen molar-refractivity contribution in [2.24, 2.45) is 0 Å². The molecule has 31 heavy (non-hydrogen) atoms. The van der Waals surface area contributed by atoms with E-state index in [4.69, 9.17) is 11.6 Å². The van der Waals surface area contributed by atoms with Crippen molar-refractivity contribution in [1.29, 1.82) is 0 Å². The number of thioether (sulfide) groups is 1. The smallest absolute Gasteiger partial charge is 0.262 e. The van der Waals surface area contributed by atoms with Gasteiger partial charge in [0, 0.05) is 24.0 Å². The van der Waals surface area contributed by atoms with E-state index in [9.17, 15) is 4.79 Å². The van der Waals surface area contributed by atoms with Crippen molar-refractivity contribution < 1.29 is 0 Å². The first kappa shape index (κ1) is 19.8. The second kappa shape index (κ2) is 7.86. The molecule has 156 valence electrons. The minimum Gasteiger partial charge on any atom is -0.295 e.